The normalized spacial score (nSPS) is 11.9. The van der Waals surface area contributed by atoms with Crippen molar-refractivity contribution in [3.8, 4) is 16.3 Å². The fourth-order valence-electron chi connectivity index (χ4n) is 8.61. The van der Waals surface area contributed by atoms with Crippen LogP contribution in [0.15, 0.2) is 192 Å². The molecule has 4 nitrogen and oxygen atoms in total. The summed E-state index contributed by atoms with van der Waals surface area (Å²) >= 11 is 1.76. The number of para-hydroxylation sites is 3. The van der Waals surface area contributed by atoms with Gasteiger partial charge in [0, 0.05) is 55.2 Å². The largest absolute Gasteiger partial charge is 0.456 e. The van der Waals surface area contributed by atoms with E-state index >= 15 is 0 Å². The number of anilines is 3. The second kappa shape index (κ2) is 12.2. The summed E-state index contributed by atoms with van der Waals surface area (Å²) in [5.41, 5.74) is 10.6. The van der Waals surface area contributed by atoms with E-state index in [0.717, 1.165) is 60.8 Å². The Balaban J connectivity index is 1.02. The second-order valence-electron chi connectivity index (χ2n) is 14.4. The number of benzene rings is 9. The summed E-state index contributed by atoms with van der Waals surface area (Å²) < 4.78 is 9.84. The van der Waals surface area contributed by atoms with Crippen LogP contribution in [0, 0.1) is 0 Å². The van der Waals surface area contributed by atoms with Crippen LogP contribution >= 0.6 is 11.3 Å². The van der Waals surface area contributed by atoms with Gasteiger partial charge in [0.15, 0.2) is 0 Å². The van der Waals surface area contributed by atoms with E-state index in [-0.39, 0.29) is 0 Å². The summed E-state index contributed by atoms with van der Waals surface area (Å²) in [7, 11) is 0. The van der Waals surface area contributed by atoms with Gasteiger partial charge < -0.3 is 13.9 Å². The molecular weight excluding hydrogens is 703 g/mol. The molecule has 262 valence electrons. The zero-order valence-corrected chi connectivity index (χ0v) is 30.9. The molecule has 3 heterocycles. The molecule has 0 radical (unpaired) electrons. The summed E-state index contributed by atoms with van der Waals surface area (Å²) in [4.78, 5) is 7.50. The van der Waals surface area contributed by atoms with Crippen molar-refractivity contribution in [1.82, 2.24) is 9.55 Å². The number of hydrogen-bond acceptors (Lipinski definition) is 4. The molecule has 0 aliphatic heterocycles. The van der Waals surface area contributed by atoms with Gasteiger partial charge >= 0.3 is 0 Å². The maximum absolute atomic E-state index is 6.26. The van der Waals surface area contributed by atoms with Crippen LogP contribution in [-0.4, -0.2) is 9.55 Å². The maximum atomic E-state index is 6.26. The highest BCUT2D eigenvalue weighted by molar-refractivity contribution is 7.22. The number of hydrogen-bond donors (Lipinski definition) is 0. The van der Waals surface area contributed by atoms with Crippen LogP contribution in [0.2, 0.25) is 0 Å². The van der Waals surface area contributed by atoms with Crippen molar-refractivity contribution in [2.45, 2.75) is 0 Å². The zero-order chi connectivity index (χ0) is 36.7. The van der Waals surface area contributed by atoms with Crippen molar-refractivity contribution < 1.29 is 4.42 Å². The minimum atomic E-state index is 0.878. The molecule has 0 amide bonds. The molecule has 0 bridgehead atoms. The van der Waals surface area contributed by atoms with Crippen LogP contribution < -0.4 is 4.90 Å². The van der Waals surface area contributed by atoms with Gasteiger partial charge in [-0.2, -0.15) is 0 Å². The highest BCUT2D eigenvalue weighted by atomic mass is 32.1. The average Bonchev–Trinajstić information content (AvgIpc) is 3.96. The van der Waals surface area contributed by atoms with Gasteiger partial charge in [-0.05, 0) is 107 Å². The Morgan fingerprint density at radius 2 is 1.11 bits per heavy atom. The first-order chi connectivity index (χ1) is 27.7. The van der Waals surface area contributed by atoms with Crippen LogP contribution in [0.5, 0.6) is 0 Å². The Hall–Kier alpha value is -7.21. The third-order valence-electron chi connectivity index (χ3n) is 11.2. The lowest BCUT2D eigenvalue weighted by molar-refractivity contribution is 0.669. The van der Waals surface area contributed by atoms with Crippen molar-refractivity contribution in [1.29, 1.82) is 0 Å². The van der Waals surface area contributed by atoms with Gasteiger partial charge in [0.25, 0.3) is 0 Å². The number of fused-ring (bicyclic) bond motifs is 11. The lowest BCUT2D eigenvalue weighted by atomic mass is 10.0. The molecular formula is C51H31N3OS. The van der Waals surface area contributed by atoms with E-state index in [1.54, 1.807) is 11.3 Å². The van der Waals surface area contributed by atoms with Gasteiger partial charge in [-0.3, -0.25) is 0 Å². The lowest BCUT2D eigenvalue weighted by Crippen LogP contribution is -2.09. The van der Waals surface area contributed by atoms with Crippen LogP contribution in [0.1, 0.15) is 0 Å². The monoisotopic (exact) mass is 733 g/mol. The molecule has 0 spiro atoms. The fourth-order valence-corrected chi connectivity index (χ4v) is 9.70. The molecule has 0 N–H and O–H groups in total. The summed E-state index contributed by atoms with van der Waals surface area (Å²) in [6.07, 6.45) is 0. The minimum Gasteiger partial charge on any atom is -0.456 e. The predicted molar refractivity (Wildman–Crippen MR) is 236 cm³/mol. The Kier molecular flexibility index (Phi) is 6.76. The molecule has 0 aliphatic carbocycles. The smallest absolute Gasteiger partial charge is 0.135 e. The predicted octanol–water partition coefficient (Wildman–Crippen LogP) is 14.7. The van der Waals surface area contributed by atoms with Gasteiger partial charge in [-0.1, -0.05) is 97.1 Å². The van der Waals surface area contributed by atoms with E-state index < -0.39 is 0 Å². The van der Waals surface area contributed by atoms with Crippen molar-refractivity contribution >= 4 is 104 Å². The number of aromatic nitrogens is 2. The van der Waals surface area contributed by atoms with E-state index in [2.05, 4.69) is 185 Å². The summed E-state index contributed by atoms with van der Waals surface area (Å²) in [5.74, 6) is 0. The van der Waals surface area contributed by atoms with Gasteiger partial charge in [0.1, 0.15) is 16.2 Å². The topological polar surface area (TPSA) is 34.2 Å². The van der Waals surface area contributed by atoms with Crippen LogP contribution in [0.3, 0.4) is 0 Å². The summed E-state index contributed by atoms with van der Waals surface area (Å²) in [5, 5.41) is 10.7. The standard InChI is InChI=1S/C51H31N3OS/c1-2-11-34(12-3-1)54-46-16-8-6-14-40(46)43-30-36(23-28-47(43)54)53(37-24-29-49-44(31-37)41-15-7-9-17-48(41)55-49)35-21-18-33(19-22-35)51-52-45-27-26-39-38-13-5-4-10-32(38)20-25-42(39)50(45)56-51/h1-31H. The first-order valence-electron chi connectivity index (χ1n) is 18.9. The third-order valence-corrected chi connectivity index (χ3v) is 12.3. The first-order valence-corrected chi connectivity index (χ1v) is 19.7. The van der Waals surface area contributed by atoms with E-state index in [1.165, 1.54) is 48.1 Å². The van der Waals surface area contributed by atoms with Gasteiger partial charge in [-0.15, -0.1) is 11.3 Å². The molecule has 0 fully saturated rings. The van der Waals surface area contributed by atoms with E-state index in [0.29, 0.717) is 0 Å². The molecule has 0 aliphatic rings. The molecule has 9 aromatic carbocycles. The molecule has 0 saturated heterocycles. The molecule has 56 heavy (non-hydrogen) atoms. The van der Waals surface area contributed by atoms with Crippen molar-refractivity contribution in [3.63, 3.8) is 0 Å². The highest BCUT2D eigenvalue weighted by Gasteiger charge is 2.20. The number of thiazole rings is 1. The molecule has 5 heteroatoms. The van der Waals surface area contributed by atoms with Crippen LogP contribution in [0.4, 0.5) is 17.1 Å². The highest BCUT2D eigenvalue weighted by Crippen LogP contribution is 2.43. The average molecular weight is 734 g/mol. The Labute approximate surface area is 325 Å². The summed E-state index contributed by atoms with van der Waals surface area (Å²) in [6, 6.07) is 67.3. The van der Waals surface area contributed by atoms with Crippen molar-refractivity contribution in [3.05, 3.63) is 188 Å². The van der Waals surface area contributed by atoms with Gasteiger partial charge in [0.2, 0.25) is 0 Å². The quantitative estimate of drug-likeness (QED) is 0.165. The Morgan fingerprint density at radius 3 is 1.98 bits per heavy atom. The lowest BCUT2D eigenvalue weighted by Gasteiger charge is -2.26. The molecule has 12 rings (SSSR count). The van der Waals surface area contributed by atoms with Crippen molar-refractivity contribution in [2.75, 3.05) is 4.90 Å². The molecule has 0 saturated carbocycles. The van der Waals surface area contributed by atoms with Crippen LogP contribution in [-0.2, 0) is 0 Å². The summed E-state index contributed by atoms with van der Waals surface area (Å²) in [6.45, 7) is 0. The molecule has 3 aromatic heterocycles. The van der Waals surface area contributed by atoms with Gasteiger partial charge in [0.05, 0.1) is 21.3 Å². The SMILES string of the molecule is c1ccc(-n2c3ccccc3c3cc(N(c4ccc(-c5nc6ccc7c8ccccc8ccc7c6s5)cc4)c4ccc5oc6ccccc6c5c4)ccc32)cc1. The van der Waals surface area contributed by atoms with Crippen molar-refractivity contribution in [2.24, 2.45) is 0 Å². The van der Waals surface area contributed by atoms with Gasteiger partial charge in [-0.25, -0.2) is 4.98 Å². The number of rotatable bonds is 5. The third kappa shape index (κ3) is 4.75. The molecule has 0 unspecified atom stereocenters. The minimum absolute atomic E-state index is 0.878. The fraction of sp³-hybridized carbons (Fsp3) is 0. The van der Waals surface area contributed by atoms with Crippen LogP contribution in [0.25, 0.3) is 91.8 Å². The van der Waals surface area contributed by atoms with E-state index in [1.807, 2.05) is 12.1 Å². The van der Waals surface area contributed by atoms with E-state index in [9.17, 15) is 0 Å². The molecule has 0 atom stereocenters. The second-order valence-corrected chi connectivity index (χ2v) is 15.4. The molecule has 12 aromatic rings. The number of nitrogens with zero attached hydrogens (tertiary/aromatic N) is 3. The Morgan fingerprint density at radius 1 is 0.446 bits per heavy atom. The first kappa shape index (κ1) is 31.2. The number of furan rings is 1. The zero-order valence-electron chi connectivity index (χ0n) is 30.1. The maximum Gasteiger partial charge on any atom is 0.135 e. The Bertz CT molecular complexity index is 3490. The van der Waals surface area contributed by atoms with E-state index in [4.69, 9.17) is 9.40 Å².